The van der Waals surface area contributed by atoms with Gasteiger partial charge in [0.05, 0.1) is 12.0 Å². The van der Waals surface area contributed by atoms with Crippen LogP contribution in [0.25, 0.3) is 0 Å². The molecule has 128 valence electrons. The van der Waals surface area contributed by atoms with Gasteiger partial charge in [-0.25, -0.2) is 8.42 Å². The zero-order valence-corrected chi connectivity index (χ0v) is 15.4. The quantitative estimate of drug-likeness (QED) is 0.857. The van der Waals surface area contributed by atoms with E-state index in [-0.39, 0.29) is 0 Å². The topological polar surface area (TPSA) is 46.6 Å². The maximum atomic E-state index is 13.2. The minimum Gasteiger partial charge on any atom is -0.497 e. The lowest BCUT2D eigenvalue weighted by molar-refractivity contribution is 0.390. The van der Waals surface area contributed by atoms with Crippen LogP contribution >= 0.6 is 0 Å². The summed E-state index contributed by atoms with van der Waals surface area (Å²) >= 11 is 0. The van der Waals surface area contributed by atoms with Crippen molar-refractivity contribution in [2.45, 2.75) is 38.6 Å². The summed E-state index contributed by atoms with van der Waals surface area (Å²) in [5, 5.41) is 0. The molecular formula is C19H23NO3S. The molecule has 2 aromatic carbocycles. The van der Waals surface area contributed by atoms with Crippen molar-refractivity contribution in [2.24, 2.45) is 0 Å². The summed E-state index contributed by atoms with van der Waals surface area (Å²) in [6.45, 7) is 6.63. The van der Waals surface area contributed by atoms with Gasteiger partial charge in [-0.2, -0.15) is 4.31 Å². The summed E-state index contributed by atoms with van der Waals surface area (Å²) in [7, 11) is -1.94. The van der Waals surface area contributed by atoms with Crippen molar-refractivity contribution in [2.75, 3.05) is 13.7 Å². The summed E-state index contributed by atoms with van der Waals surface area (Å²) in [5.41, 5.74) is 4.96. The van der Waals surface area contributed by atoms with E-state index in [0.29, 0.717) is 23.7 Å². The van der Waals surface area contributed by atoms with Crippen molar-refractivity contribution in [1.82, 2.24) is 4.31 Å². The molecule has 0 N–H and O–H groups in total. The Hall–Kier alpha value is -1.85. The summed E-state index contributed by atoms with van der Waals surface area (Å²) in [5.74, 6) is 0.684. The second-order valence-corrected chi connectivity index (χ2v) is 8.33. The highest BCUT2D eigenvalue weighted by Gasteiger charge is 2.31. The molecule has 0 unspecified atom stereocenters. The molecule has 1 heterocycles. The fourth-order valence-corrected chi connectivity index (χ4v) is 5.26. The van der Waals surface area contributed by atoms with Gasteiger partial charge in [0.1, 0.15) is 5.75 Å². The van der Waals surface area contributed by atoms with Crippen LogP contribution in [-0.2, 0) is 23.0 Å². The third kappa shape index (κ3) is 2.94. The lowest BCUT2D eigenvalue weighted by Crippen LogP contribution is -2.36. The van der Waals surface area contributed by atoms with E-state index < -0.39 is 10.0 Å². The normalized spacial score (nSPS) is 15.2. The number of nitrogens with zero attached hydrogens (tertiary/aromatic N) is 1. The average molecular weight is 345 g/mol. The summed E-state index contributed by atoms with van der Waals surface area (Å²) in [6, 6.07) is 9.84. The Morgan fingerprint density at radius 3 is 2.29 bits per heavy atom. The van der Waals surface area contributed by atoms with Gasteiger partial charge in [0.2, 0.25) is 10.0 Å². The fourth-order valence-electron chi connectivity index (χ4n) is 3.43. The zero-order valence-electron chi connectivity index (χ0n) is 14.6. The zero-order chi connectivity index (χ0) is 17.5. The molecule has 0 radical (unpaired) electrons. The van der Waals surface area contributed by atoms with Gasteiger partial charge in [-0.1, -0.05) is 23.8 Å². The maximum absolute atomic E-state index is 13.2. The highest BCUT2D eigenvalue weighted by atomic mass is 32.2. The van der Waals surface area contributed by atoms with E-state index in [2.05, 4.69) is 18.2 Å². The summed E-state index contributed by atoms with van der Waals surface area (Å²) in [4.78, 5) is 0.402. The highest BCUT2D eigenvalue weighted by molar-refractivity contribution is 7.89. The van der Waals surface area contributed by atoms with Gasteiger partial charge in [0, 0.05) is 13.1 Å². The number of aryl methyl sites for hydroxylation is 3. The predicted octanol–water partition coefficient (Wildman–Crippen LogP) is 3.37. The van der Waals surface area contributed by atoms with Crippen LogP contribution in [0.2, 0.25) is 0 Å². The first kappa shape index (κ1) is 17.0. The second-order valence-electron chi connectivity index (χ2n) is 6.45. The smallest absolute Gasteiger partial charge is 0.243 e. The van der Waals surface area contributed by atoms with Crippen molar-refractivity contribution in [3.8, 4) is 5.75 Å². The molecule has 0 aromatic heterocycles. The van der Waals surface area contributed by atoms with Crippen molar-refractivity contribution in [3.05, 3.63) is 58.1 Å². The average Bonchev–Trinajstić information content (AvgIpc) is 2.53. The van der Waals surface area contributed by atoms with Crippen LogP contribution in [0.1, 0.15) is 27.8 Å². The number of sulfonamides is 1. The first-order valence-electron chi connectivity index (χ1n) is 8.06. The van der Waals surface area contributed by atoms with Crippen LogP contribution in [-0.4, -0.2) is 26.4 Å². The molecule has 0 aliphatic carbocycles. The van der Waals surface area contributed by atoms with E-state index in [1.807, 2.05) is 20.8 Å². The standard InChI is InChI=1S/C19H23NO3S/c1-13-5-6-16-7-8-20(12-17(16)9-13)24(21,22)19-14(2)10-18(23-4)11-15(19)3/h5-6,9-11H,7-8,12H2,1-4H3. The van der Waals surface area contributed by atoms with Crippen molar-refractivity contribution in [1.29, 1.82) is 0 Å². The van der Waals surface area contributed by atoms with Gasteiger partial charge in [-0.15, -0.1) is 0 Å². The van der Waals surface area contributed by atoms with Gasteiger partial charge in [-0.05, 0) is 61.6 Å². The van der Waals surface area contributed by atoms with Crippen molar-refractivity contribution < 1.29 is 13.2 Å². The molecule has 0 fully saturated rings. The first-order chi connectivity index (χ1) is 11.3. The van der Waals surface area contributed by atoms with Crippen LogP contribution in [0.5, 0.6) is 5.75 Å². The number of methoxy groups -OCH3 is 1. The SMILES string of the molecule is COc1cc(C)c(S(=O)(=O)N2CCc3ccc(C)cc3C2)c(C)c1. The fraction of sp³-hybridized carbons (Fsp3) is 0.368. The monoisotopic (exact) mass is 345 g/mol. The minimum atomic E-state index is -3.53. The Kier molecular flexibility index (Phi) is 4.40. The van der Waals surface area contributed by atoms with Crippen LogP contribution < -0.4 is 4.74 Å². The van der Waals surface area contributed by atoms with Crippen LogP contribution in [0.3, 0.4) is 0 Å². The Bertz CT molecular complexity index is 864. The van der Waals surface area contributed by atoms with E-state index in [9.17, 15) is 8.42 Å². The van der Waals surface area contributed by atoms with E-state index in [1.165, 1.54) is 5.56 Å². The molecule has 0 spiro atoms. The Labute approximate surface area is 144 Å². The van der Waals surface area contributed by atoms with E-state index in [4.69, 9.17) is 4.74 Å². The molecule has 0 atom stereocenters. The molecule has 2 aromatic rings. The Balaban J connectivity index is 2.01. The van der Waals surface area contributed by atoms with Gasteiger partial charge in [0.25, 0.3) is 0 Å². The number of rotatable bonds is 3. The van der Waals surface area contributed by atoms with Crippen LogP contribution in [0.4, 0.5) is 0 Å². The number of benzene rings is 2. The van der Waals surface area contributed by atoms with Gasteiger partial charge in [-0.3, -0.25) is 0 Å². The van der Waals surface area contributed by atoms with Crippen molar-refractivity contribution >= 4 is 10.0 Å². The molecular weight excluding hydrogens is 322 g/mol. The van der Waals surface area contributed by atoms with E-state index in [1.54, 1.807) is 23.5 Å². The van der Waals surface area contributed by atoms with Gasteiger partial charge < -0.3 is 4.74 Å². The maximum Gasteiger partial charge on any atom is 0.243 e. The van der Waals surface area contributed by atoms with Crippen LogP contribution in [0, 0.1) is 20.8 Å². The van der Waals surface area contributed by atoms with Crippen LogP contribution in [0.15, 0.2) is 35.2 Å². The lowest BCUT2D eigenvalue weighted by Gasteiger charge is -2.29. The number of hydrogen-bond acceptors (Lipinski definition) is 3. The van der Waals surface area contributed by atoms with Gasteiger partial charge in [0.15, 0.2) is 0 Å². The largest absolute Gasteiger partial charge is 0.497 e. The van der Waals surface area contributed by atoms with Crippen molar-refractivity contribution in [3.63, 3.8) is 0 Å². The number of fused-ring (bicyclic) bond motifs is 1. The number of hydrogen-bond donors (Lipinski definition) is 0. The molecule has 0 saturated carbocycles. The predicted molar refractivity (Wildman–Crippen MR) is 94.9 cm³/mol. The molecule has 3 rings (SSSR count). The van der Waals surface area contributed by atoms with E-state index in [0.717, 1.165) is 28.7 Å². The second kappa shape index (κ2) is 6.22. The summed E-state index contributed by atoms with van der Waals surface area (Å²) in [6.07, 6.45) is 0.753. The molecule has 24 heavy (non-hydrogen) atoms. The third-order valence-corrected chi connectivity index (χ3v) is 6.76. The molecule has 0 amide bonds. The first-order valence-corrected chi connectivity index (χ1v) is 9.50. The molecule has 4 nitrogen and oxygen atoms in total. The lowest BCUT2D eigenvalue weighted by atomic mass is 9.99. The molecule has 0 bridgehead atoms. The molecule has 1 aliphatic rings. The third-order valence-electron chi connectivity index (χ3n) is 4.61. The Morgan fingerprint density at radius 1 is 1.00 bits per heavy atom. The Morgan fingerprint density at radius 2 is 1.67 bits per heavy atom. The molecule has 5 heteroatoms. The summed E-state index contributed by atoms with van der Waals surface area (Å²) < 4.78 is 33.3. The molecule has 0 saturated heterocycles. The number of ether oxygens (including phenoxy) is 1. The van der Waals surface area contributed by atoms with Gasteiger partial charge >= 0.3 is 0 Å². The molecule has 1 aliphatic heterocycles. The highest BCUT2D eigenvalue weighted by Crippen LogP contribution is 2.31. The minimum absolute atomic E-state index is 0.402. The van der Waals surface area contributed by atoms with E-state index >= 15 is 0 Å².